The van der Waals surface area contributed by atoms with Crippen LogP contribution in [0.15, 0.2) is 30.3 Å². The van der Waals surface area contributed by atoms with Gasteiger partial charge in [0.2, 0.25) is 0 Å². The summed E-state index contributed by atoms with van der Waals surface area (Å²) >= 11 is 0. The molecule has 0 spiro atoms. The summed E-state index contributed by atoms with van der Waals surface area (Å²) in [7, 11) is 4.90. The largest absolute Gasteiger partial charge is 0.496 e. The summed E-state index contributed by atoms with van der Waals surface area (Å²) < 4.78 is 16.3. The summed E-state index contributed by atoms with van der Waals surface area (Å²) in [4.78, 5) is 0. The molecule has 0 amide bonds. The van der Waals surface area contributed by atoms with E-state index >= 15 is 0 Å². The van der Waals surface area contributed by atoms with Gasteiger partial charge in [0.05, 0.1) is 27.4 Å². The van der Waals surface area contributed by atoms with Gasteiger partial charge < -0.3 is 14.2 Å². The Labute approximate surface area is 130 Å². The maximum absolute atomic E-state index is 8.59. The molecule has 22 heavy (non-hydrogen) atoms. The molecule has 0 N–H and O–H groups in total. The summed E-state index contributed by atoms with van der Waals surface area (Å²) in [6.45, 7) is 0. The molecule has 0 atom stereocenters. The molecule has 0 radical (unpaired) electrons. The summed E-state index contributed by atoms with van der Waals surface area (Å²) in [6.07, 6.45) is 5.16. The van der Waals surface area contributed by atoms with E-state index in [-0.39, 0.29) is 0 Å². The molecule has 0 aliphatic carbocycles. The molecule has 0 aliphatic heterocycles. The highest BCUT2D eigenvalue weighted by Crippen LogP contribution is 2.38. The highest BCUT2D eigenvalue weighted by molar-refractivity contribution is 5.94. The lowest BCUT2D eigenvalue weighted by Gasteiger charge is -2.13. The zero-order valence-electron chi connectivity index (χ0n) is 13.1. The van der Waals surface area contributed by atoms with Crippen molar-refractivity contribution < 1.29 is 14.2 Å². The molecule has 4 heteroatoms. The molecule has 2 aromatic carbocycles. The first-order valence-electron chi connectivity index (χ1n) is 7.01. The van der Waals surface area contributed by atoms with E-state index in [4.69, 9.17) is 19.5 Å². The van der Waals surface area contributed by atoms with Crippen LogP contribution in [-0.2, 0) is 0 Å². The Morgan fingerprint density at radius 3 is 2.45 bits per heavy atom. The molecule has 0 aliphatic rings. The van der Waals surface area contributed by atoms with E-state index in [0.29, 0.717) is 24.3 Å². The minimum Gasteiger partial charge on any atom is -0.496 e. The molecule has 2 aromatic rings. The first-order chi connectivity index (χ1) is 10.7. The second-order valence-corrected chi connectivity index (χ2v) is 4.72. The first-order valence-corrected chi connectivity index (χ1v) is 7.01. The molecule has 0 saturated carbocycles. The van der Waals surface area contributed by atoms with Crippen molar-refractivity contribution in [3.63, 3.8) is 0 Å². The maximum Gasteiger partial charge on any atom is 0.168 e. The van der Waals surface area contributed by atoms with Gasteiger partial charge in [0.25, 0.3) is 0 Å². The summed E-state index contributed by atoms with van der Waals surface area (Å²) in [5.41, 5.74) is 0.944. The van der Waals surface area contributed by atoms with Gasteiger partial charge in [-0.05, 0) is 30.0 Å². The SMILES string of the molecule is COc1cc2ccc(OC)c(OC)c2cc1/C=C/CCC#N. The molecule has 0 aromatic heterocycles. The third kappa shape index (κ3) is 3.15. The van der Waals surface area contributed by atoms with E-state index < -0.39 is 0 Å². The number of methoxy groups -OCH3 is 3. The molecular formula is C18H19NO3. The van der Waals surface area contributed by atoms with Crippen molar-refractivity contribution in [1.82, 2.24) is 0 Å². The van der Waals surface area contributed by atoms with Crippen LogP contribution in [-0.4, -0.2) is 21.3 Å². The number of ether oxygens (including phenoxy) is 3. The predicted octanol–water partition coefficient (Wildman–Crippen LogP) is 4.18. The Kier molecular flexibility index (Phi) is 5.26. The fourth-order valence-corrected chi connectivity index (χ4v) is 2.36. The maximum atomic E-state index is 8.59. The highest BCUT2D eigenvalue weighted by Gasteiger charge is 2.11. The highest BCUT2D eigenvalue weighted by atomic mass is 16.5. The van der Waals surface area contributed by atoms with E-state index in [9.17, 15) is 0 Å². The molecule has 0 unspecified atom stereocenters. The first kappa shape index (κ1) is 15.7. The zero-order chi connectivity index (χ0) is 15.9. The van der Waals surface area contributed by atoms with Crippen molar-refractivity contribution in [3.05, 3.63) is 35.9 Å². The molecule has 0 fully saturated rings. The Morgan fingerprint density at radius 2 is 1.82 bits per heavy atom. The zero-order valence-corrected chi connectivity index (χ0v) is 13.1. The normalized spacial score (nSPS) is 10.6. The number of allylic oxidation sites excluding steroid dienone is 1. The quantitative estimate of drug-likeness (QED) is 0.750. The van der Waals surface area contributed by atoms with Crippen molar-refractivity contribution in [2.45, 2.75) is 12.8 Å². The standard InChI is InChI=1S/C18H19NO3/c1-20-16-9-8-13-12-17(21-2)14(7-5-4-6-10-19)11-15(13)18(16)22-3/h5,7-9,11-12H,4,6H2,1-3H3/b7-5+. The van der Waals surface area contributed by atoms with Crippen LogP contribution in [0, 0.1) is 11.3 Å². The van der Waals surface area contributed by atoms with Gasteiger partial charge in [-0.15, -0.1) is 0 Å². The van der Waals surface area contributed by atoms with Gasteiger partial charge >= 0.3 is 0 Å². The van der Waals surface area contributed by atoms with Crippen LogP contribution >= 0.6 is 0 Å². The van der Waals surface area contributed by atoms with E-state index in [0.717, 1.165) is 22.1 Å². The number of unbranched alkanes of at least 4 members (excludes halogenated alkanes) is 1. The fraction of sp³-hybridized carbons (Fsp3) is 0.278. The average molecular weight is 297 g/mol. The van der Waals surface area contributed by atoms with Crippen LogP contribution in [0.3, 0.4) is 0 Å². The number of rotatable bonds is 6. The lowest BCUT2D eigenvalue weighted by atomic mass is 10.0. The Morgan fingerprint density at radius 1 is 1.05 bits per heavy atom. The van der Waals surface area contributed by atoms with Crippen LogP contribution < -0.4 is 14.2 Å². The van der Waals surface area contributed by atoms with Crippen LogP contribution in [0.25, 0.3) is 16.8 Å². The number of benzene rings is 2. The van der Waals surface area contributed by atoms with Gasteiger partial charge in [-0.25, -0.2) is 0 Å². The number of nitriles is 1. The van der Waals surface area contributed by atoms with Crippen molar-refractivity contribution in [3.8, 4) is 23.3 Å². The van der Waals surface area contributed by atoms with E-state index in [2.05, 4.69) is 6.07 Å². The molecule has 4 nitrogen and oxygen atoms in total. The van der Waals surface area contributed by atoms with Gasteiger partial charge in [0.1, 0.15) is 5.75 Å². The second-order valence-electron chi connectivity index (χ2n) is 4.72. The number of hydrogen-bond acceptors (Lipinski definition) is 4. The molecule has 0 bridgehead atoms. The van der Waals surface area contributed by atoms with E-state index in [1.165, 1.54) is 0 Å². The molecule has 2 rings (SSSR count). The molecule has 0 heterocycles. The monoisotopic (exact) mass is 297 g/mol. The van der Waals surface area contributed by atoms with Gasteiger partial charge in [-0.3, -0.25) is 0 Å². The van der Waals surface area contributed by atoms with Crippen molar-refractivity contribution in [2.24, 2.45) is 0 Å². The van der Waals surface area contributed by atoms with Crippen molar-refractivity contribution in [1.29, 1.82) is 5.26 Å². The van der Waals surface area contributed by atoms with Gasteiger partial charge in [0, 0.05) is 17.4 Å². The minimum absolute atomic E-state index is 0.504. The lowest BCUT2D eigenvalue weighted by Crippen LogP contribution is -1.93. The summed E-state index contributed by atoms with van der Waals surface area (Å²) in [5, 5.41) is 10.6. The topological polar surface area (TPSA) is 51.5 Å². The third-order valence-electron chi connectivity index (χ3n) is 3.43. The summed E-state index contributed by atoms with van der Waals surface area (Å²) in [6, 6.07) is 9.96. The molecular weight excluding hydrogens is 278 g/mol. The van der Waals surface area contributed by atoms with Crippen LogP contribution in [0.2, 0.25) is 0 Å². The number of hydrogen-bond donors (Lipinski definition) is 0. The second kappa shape index (κ2) is 7.37. The van der Waals surface area contributed by atoms with Gasteiger partial charge in [-0.2, -0.15) is 5.26 Å². The number of fused-ring (bicyclic) bond motifs is 1. The van der Waals surface area contributed by atoms with Crippen molar-refractivity contribution >= 4 is 16.8 Å². The average Bonchev–Trinajstić information content (AvgIpc) is 2.56. The van der Waals surface area contributed by atoms with E-state index in [1.54, 1.807) is 21.3 Å². The van der Waals surface area contributed by atoms with Crippen molar-refractivity contribution in [2.75, 3.05) is 21.3 Å². The molecule has 114 valence electrons. The fourth-order valence-electron chi connectivity index (χ4n) is 2.36. The minimum atomic E-state index is 0.504. The number of nitrogens with zero attached hydrogens (tertiary/aromatic N) is 1. The van der Waals surface area contributed by atoms with Crippen LogP contribution in [0.4, 0.5) is 0 Å². The predicted molar refractivity (Wildman–Crippen MR) is 87.5 cm³/mol. The van der Waals surface area contributed by atoms with E-state index in [1.807, 2.05) is 36.4 Å². The Bertz CT molecular complexity index is 729. The summed E-state index contributed by atoms with van der Waals surface area (Å²) in [5.74, 6) is 2.18. The third-order valence-corrected chi connectivity index (χ3v) is 3.43. The van der Waals surface area contributed by atoms with Gasteiger partial charge in [0.15, 0.2) is 11.5 Å². The lowest BCUT2D eigenvalue weighted by molar-refractivity contribution is 0.358. The van der Waals surface area contributed by atoms with Crippen LogP contribution in [0.5, 0.6) is 17.2 Å². The Hall–Kier alpha value is -2.67. The Balaban J connectivity index is 2.55. The van der Waals surface area contributed by atoms with Crippen LogP contribution in [0.1, 0.15) is 18.4 Å². The smallest absolute Gasteiger partial charge is 0.168 e. The molecule has 0 saturated heterocycles. The van der Waals surface area contributed by atoms with Gasteiger partial charge in [-0.1, -0.05) is 18.2 Å².